The lowest BCUT2D eigenvalue weighted by Crippen LogP contribution is -2.59. The third-order valence-electron chi connectivity index (χ3n) is 6.09. The van der Waals surface area contributed by atoms with Crippen LogP contribution in [0.3, 0.4) is 0 Å². The number of aromatic nitrogens is 1. The lowest BCUT2D eigenvalue weighted by molar-refractivity contribution is -0.167. The number of rotatable bonds is 2. The first-order chi connectivity index (χ1) is 12.0. The normalized spacial score (nSPS) is 30.9. The molecule has 0 aliphatic carbocycles. The zero-order valence-electron chi connectivity index (χ0n) is 14.3. The number of anilines is 1. The van der Waals surface area contributed by atoms with E-state index in [1.807, 2.05) is 0 Å². The zero-order valence-corrected chi connectivity index (χ0v) is 14.3. The summed E-state index contributed by atoms with van der Waals surface area (Å²) in [4.78, 5) is 7.98. The van der Waals surface area contributed by atoms with Crippen LogP contribution in [0.4, 0.5) is 19.0 Å². The summed E-state index contributed by atoms with van der Waals surface area (Å²) in [6.07, 6.45) is 3.57. The Morgan fingerprint density at radius 1 is 1.12 bits per heavy atom. The number of hydrogen-bond acceptors (Lipinski definition) is 4. The molecule has 1 aromatic heterocycles. The van der Waals surface area contributed by atoms with Crippen molar-refractivity contribution in [3.8, 4) is 0 Å². The Morgan fingerprint density at radius 2 is 1.92 bits per heavy atom. The van der Waals surface area contributed by atoms with Gasteiger partial charge in [0, 0.05) is 58.1 Å². The Morgan fingerprint density at radius 3 is 2.68 bits per heavy atom. The highest BCUT2D eigenvalue weighted by Gasteiger charge is 2.60. The van der Waals surface area contributed by atoms with Crippen LogP contribution in [0.5, 0.6) is 0 Å². The molecule has 138 valence electrons. The second kappa shape index (κ2) is 6.43. The first-order valence-electron chi connectivity index (χ1n) is 9.06. The molecule has 0 radical (unpaired) electrons. The van der Waals surface area contributed by atoms with Crippen molar-refractivity contribution in [1.29, 1.82) is 0 Å². The van der Waals surface area contributed by atoms with Gasteiger partial charge in [0.25, 0.3) is 5.92 Å². The van der Waals surface area contributed by atoms with E-state index in [9.17, 15) is 13.2 Å². The van der Waals surface area contributed by atoms with Gasteiger partial charge in [-0.2, -0.15) is 0 Å². The highest BCUT2D eigenvalue weighted by Crippen LogP contribution is 2.50. The van der Waals surface area contributed by atoms with Gasteiger partial charge >= 0.3 is 0 Å². The average molecular weight is 355 g/mol. The molecule has 7 heteroatoms. The van der Waals surface area contributed by atoms with E-state index in [-0.39, 0.29) is 18.8 Å². The highest BCUT2D eigenvalue weighted by atomic mass is 19.3. The van der Waals surface area contributed by atoms with Crippen LogP contribution in [0.1, 0.15) is 25.7 Å². The fraction of sp³-hybridized carbons (Fsp3) is 0.722. The summed E-state index contributed by atoms with van der Waals surface area (Å²) in [5.74, 6) is -2.98. The molecular weight excluding hydrogens is 331 g/mol. The summed E-state index contributed by atoms with van der Waals surface area (Å²) in [7, 11) is 0. The lowest BCUT2D eigenvalue weighted by Gasteiger charge is -2.49. The van der Waals surface area contributed by atoms with Crippen LogP contribution in [0.15, 0.2) is 18.3 Å². The van der Waals surface area contributed by atoms with Crippen molar-refractivity contribution < 1.29 is 17.9 Å². The van der Waals surface area contributed by atoms with E-state index < -0.39 is 17.2 Å². The minimum Gasteiger partial charge on any atom is -0.381 e. The molecule has 1 aromatic rings. The number of likely N-dealkylation sites (tertiary alicyclic amines) is 1. The van der Waals surface area contributed by atoms with Gasteiger partial charge in [-0.15, -0.1) is 0 Å². The number of piperidine rings is 1. The van der Waals surface area contributed by atoms with Crippen LogP contribution in [0.2, 0.25) is 0 Å². The molecular formula is C18H24F3N3O. The lowest BCUT2D eigenvalue weighted by atomic mass is 9.75. The summed E-state index contributed by atoms with van der Waals surface area (Å²) in [5, 5.41) is 0. The molecule has 0 saturated carbocycles. The molecule has 3 fully saturated rings. The van der Waals surface area contributed by atoms with E-state index in [1.54, 1.807) is 4.90 Å². The summed E-state index contributed by atoms with van der Waals surface area (Å²) < 4.78 is 49.3. The van der Waals surface area contributed by atoms with Crippen molar-refractivity contribution in [2.45, 2.75) is 37.6 Å². The maximum absolute atomic E-state index is 14.9. The Labute approximate surface area is 146 Å². The molecule has 0 amide bonds. The van der Waals surface area contributed by atoms with E-state index in [0.717, 1.165) is 12.8 Å². The van der Waals surface area contributed by atoms with E-state index in [1.165, 1.54) is 18.3 Å². The molecule has 1 spiro atoms. The molecule has 4 rings (SSSR count). The molecule has 3 saturated heterocycles. The molecule has 4 nitrogen and oxygen atoms in total. The number of nitrogens with zero attached hydrogens (tertiary/aromatic N) is 3. The molecule has 4 heterocycles. The van der Waals surface area contributed by atoms with Gasteiger partial charge < -0.3 is 9.64 Å². The first kappa shape index (κ1) is 17.1. The average Bonchev–Trinajstić information content (AvgIpc) is 3.04. The Bertz CT molecular complexity index is 623. The van der Waals surface area contributed by atoms with Crippen LogP contribution < -0.4 is 4.90 Å². The fourth-order valence-corrected chi connectivity index (χ4v) is 4.59. The van der Waals surface area contributed by atoms with Crippen molar-refractivity contribution in [1.82, 2.24) is 9.88 Å². The predicted octanol–water partition coefficient (Wildman–Crippen LogP) is 2.94. The molecule has 0 N–H and O–H groups in total. The van der Waals surface area contributed by atoms with Crippen molar-refractivity contribution in [3.63, 3.8) is 0 Å². The minimum absolute atomic E-state index is 0.122. The monoisotopic (exact) mass is 355 g/mol. The molecule has 3 aliphatic rings. The van der Waals surface area contributed by atoms with E-state index in [2.05, 4.69) is 9.88 Å². The summed E-state index contributed by atoms with van der Waals surface area (Å²) in [5.41, 5.74) is -1.12. The van der Waals surface area contributed by atoms with Gasteiger partial charge in [0.2, 0.25) is 0 Å². The van der Waals surface area contributed by atoms with Gasteiger partial charge in [-0.25, -0.2) is 18.2 Å². The number of halogens is 3. The van der Waals surface area contributed by atoms with Crippen molar-refractivity contribution in [3.05, 3.63) is 24.1 Å². The smallest absolute Gasteiger partial charge is 0.257 e. The maximum Gasteiger partial charge on any atom is 0.257 e. The second-order valence-electron chi connectivity index (χ2n) is 7.53. The first-order valence-corrected chi connectivity index (χ1v) is 9.06. The second-order valence-corrected chi connectivity index (χ2v) is 7.53. The molecule has 1 atom stereocenters. The van der Waals surface area contributed by atoms with E-state index in [0.29, 0.717) is 45.3 Å². The van der Waals surface area contributed by atoms with Crippen LogP contribution in [0.25, 0.3) is 0 Å². The van der Waals surface area contributed by atoms with Crippen LogP contribution in [-0.2, 0) is 4.74 Å². The maximum atomic E-state index is 14.9. The molecule has 0 aromatic carbocycles. The summed E-state index contributed by atoms with van der Waals surface area (Å²) >= 11 is 0. The molecule has 25 heavy (non-hydrogen) atoms. The van der Waals surface area contributed by atoms with Gasteiger partial charge in [0.1, 0.15) is 0 Å². The number of ether oxygens (including phenoxy) is 1. The number of alkyl halides is 2. The Balaban J connectivity index is 1.55. The number of hydrogen-bond donors (Lipinski definition) is 0. The quantitative estimate of drug-likeness (QED) is 0.816. The van der Waals surface area contributed by atoms with Gasteiger partial charge in [0.05, 0.1) is 5.41 Å². The van der Waals surface area contributed by atoms with Crippen molar-refractivity contribution >= 4 is 5.82 Å². The van der Waals surface area contributed by atoms with Gasteiger partial charge in [-0.05, 0) is 31.4 Å². The molecule has 3 aliphatic heterocycles. The van der Waals surface area contributed by atoms with Crippen LogP contribution in [0, 0.1) is 11.2 Å². The SMILES string of the molecule is Fc1cccnc1N1CC[C@@]2(C1)CN(C1CCOCC1)CCC2(F)F. The third-order valence-corrected chi connectivity index (χ3v) is 6.09. The van der Waals surface area contributed by atoms with Crippen molar-refractivity contribution in [2.75, 3.05) is 44.3 Å². The van der Waals surface area contributed by atoms with E-state index in [4.69, 9.17) is 4.74 Å². The Hall–Kier alpha value is -1.34. The highest BCUT2D eigenvalue weighted by molar-refractivity contribution is 5.42. The van der Waals surface area contributed by atoms with Crippen LogP contribution >= 0.6 is 0 Å². The Kier molecular flexibility index (Phi) is 4.40. The largest absolute Gasteiger partial charge is 0.381 e. The van der Waals surface area contributed by atoms with Gasteiger partial charge in [-0.3, -0.25) is 4.90 Å². The van der Waals surface area contributed by atoms with Crippen molar-refractivity contribution in [2.24, 2.45) is 5.41 Å². The molecule has 0 bridgehead atoms. The minimum atomic E-state index is -2.73. The topological polar surface area (TPSA) is 28.6 Å². The van der Waals surface area contributed by atoms with Gasteiger partial charge in [-0.1, -0.05) is 0 Å². The van der Waals surface area contributed by atoms with Crippen LogP contribution in [-0.4, -0.2) is 61.2 Å². The standard InChI is InChI=1S/C18H24F3N3O/c19-15-2-1-7-22-16(15)24-8-5-17(13-24)12-23(9-6-18(17,20)21)14-3-10-25-11-4-14/h1-2,7,14H,3-6,8-13H2/t17-/m0/s1. The van der Waals surface area contributed by atoms with Gasteiger partial charge in [0.15, 0.2) is 11.6 Å². The molecule has 0 unspecified atom stereocenters. The zero-order chi connectivity index (χ0) is 17.5. The predicted molar refractivity (Wildman–Crippen MR) is 88.4 cm³/mol. The third kappa shape index (κ3) is 3.01. The van der Waals surface area contributed by atoms with E-state index >= 15 is 0 Å². The fourth-order valence-electron chi connectivity index (χ4n) is 4.59. The number of pyridine rings is 1. The summed E-state index contributed by atoms with van der Waals surface area (Å²) in [6, 6.07) is 3.18. The summed E-state index contributed by atoms with van der Waals surface area (Å²) in [6.45, 7) is 2.79.